The zero-order chi connectivity index (χ0) is 9.30. The molecule has 12 heavy (non-hydrogen) atoms. The van der Waals surface area contributed by atoms with Crippen molar-refractivity contribution in [3.05, 3.63) is 25.8 Å². The van der Waals surface area contributed by atoms with Crippen LogP contribution in [-0.4, -0.2) is 4.98 Å². The van der Waals surface area contributed by atoms with Gasteiger partial charge in [0.2, 0.25) is 0 Å². The first-order valence-electron chi connectivity index (χ1n) is 2.81. The molecule has 0 N–H and O–H groups in total. The first-order valence-corrected chi connectivity index (χ1v) is 4.68. The summed E-state index contributed by atoms with van der Waals surface area (Å²) in [5.41, 5.74) is -0.562. The van der Waals surface area contributed by atoms with Gasteiger partial charge in [0.1, 0.15) is 5.69 Å². The van der Waals surface area contributed by atoms with Crippen molar-refractivity contribution in [2.75, 3.05) is 0 Å². The summed E-state index contributed by atoms with van der Waals surface area (Å²) in [6.45, 7) is 0. The third kappa shape index (κ3) is 1.90. The standard InChI is InChI=1S/C6H2BrF3IN/c7-3-4(8)2(11)1-12-5(3)6(9)10/h1,6H. The highest BCUT2D eigenvalue weighted by molar-refractivity contribution is 14.1. The van der Waals surface area contributed by atoms with Crippen molar-refractivity contribution in [2.24, 2.45) is 0 Å². The molecule has 0 fully saturated rings. The van der Waals surface area contributed by atoms with Gasteiger partial charge in [0.25, 0.3) is 6.43 Å². The second-order valence-corrected chi connectivity index (χ2v) is 3.88. The second-order valence-electron chi connectivity index (χ2n) is 1.92. The third-order valence-corrected chi connectivity index (χ3v) is 2.66. The first-order chi connectivity index (χ1) is 5.54. The summed E-state index contributed by atoms with van der Waals surface area (Å²) >= 11 is 4.39. The van der Waals surface area contributed by atoms with Crippen molar-refractivity contribution in [3.63, 3.8) is 0 Å². The summed E-state index contributed by atoms with van der Waals surface area (Å²) in [5, 5.41) is 0. The zero-order valence-corrected chi connectivity index (χ0v) is 9.24. The number of rotatable bonds is 1. The van der Waals surface area contributed by atoms with Gasteiger partial charge in [0.05, 0.1) is 8.04 Å². The Kier molecular flexibility index (Phi) is 3.33. The van der Waals surface area contributed by atoms with Crippen LogP contribution in [0.4, 0.5) is 13.2 Å². The minimum absolute atomic E-state index is 0.212. The number of nitrogens with zero attached hydrogens (tertiary/aromatic N) is 1. The lowest BCUT2D eigenvalue weighted by molar-refractivity contribution is 0.144. The Morgan fingerprint density at radius 1 is 1.50 bits per heavy atom. The van der Waals surface area contributed by atoms with E-state index in [1.165, 1.54) is 0 Å². The molecule has 1 nitrogen and oxygen atoms in total. The molecule has 0 spiro atoms. The van der Waals surface area contributed by atoms with Crippen LogP contribution in [0.25, 0.3) is 0 Å². The summed E-state index contributed by atoms with van der Waals surface area (Å²) in [7, 11) is 0. The van der Waals surface area contributed by atoms with E-state index >= 15 is 0 Å². The fourth-order valence-corrected chi connectivity index (χ4v) is 1.88. The molecule has 6 heteroatoms. The van der Waals surface area contributed by atoms with Gasteiger partial charge >= 0.3 is 0 Å². The Morgan fingerprint density at radius 2 is 2.08 bits per heavy atom. The molecular formula is C6H2BrF3IN. The van der Waals surface area contributed by atoms with Gasteiger partial charge in [-0.2, -0.15) is 0 Å². The average molecular weight is 352 g/mol. The van der Waals surface area contributed by atoms with E-state index in [1.54, 1.807) is 22.6 Å². The topological polar surface area (TPSA) is 12.9 Å². The van der Waals surface area contributed by atoms with Crippen LogP contribution in [0.5, 0.6) is 0 Å². The van der Waals surface area contributed by atoms with Gasteiger partial charge in [-0.25, -0.2) is 13.2 Å². The van der Waals surface area contributed by atoms with E-state index in [1.807, 2.05) is 0 Å². The van der Waals surface area contributed by atoms with E-state index in [0.29, 0.717) is 0 Å². The van der Waals surface area contributed by atoms with E-state index in [2.05, 4.69) is 20.9 Å². The molecule has 1 aromatic rings. The van der Waals surface area contributed by atoms with Crippen LogP contribution in [0.15, 0.2) is 10.7 Å². The fraction of sp³-hybridized carbons (Fsp3) is 0.167. The van der Waals surface area contributed by atoms with Gasteiger partial charge < -0.3 is 0 Å². The van der Waals surface area contributed by atoms with Crippen molar-refractivity contribution in [1.29, 1.82) is 0 Å². The maximum Gasteiger partial charge on any atom is 0.281 e. The number of alkyl halides is 2. The first kappa shape index (κ1) is 10.2. The molecule has 0 atom stereocenters. The largest absolute Gasteiger partial charge is 0.281 e. The zero-order valence-electron chi connectivity index (χ0n) is 5.49. The normalized spacial score (nSPS) is 10.8. The molecule has 0 radical (unpaired) electrons. The number of halogens is 5. The predicted molar refractivity (Wildman–Crippen MR) is 49.6 cm³/mol. The van der Waals surface area contributed by atoms with Crippen molar-refractivity contribution >= 4 is 38.5 Å². The molecule has 1 rings (SSSR count). The van der Waals surface area contributed by atoms with Crippen LogP contribution in [-0.2, 0) is 0 Å². The van der Waals surface area contributed by atoms with Gasteiger partial charge in [-0.1, -0.05) is 0 Å². The SMILES string of the molecule is Fc1c(I)cnc(C(F)F)c1Br. The predicted octanol–water partition coefficient (Wildman–Crippen LogP) is 3.53. The Labute approximate surface area is 88.6 Å². The van der Waals surface area contributed by atoms with Gasteiger partial charge in [-0.3, -0.25) is 4.98 Å². The minimum Gasteiger partial charge on any atom is -0.253 e. The van der Waals surface area contributed by atoms with Crippen LogP contribution in [0.2, 0.25) is 0 Å². The number of hydrogen-bond donors (Lipinski definition) is 0. The Hall–Kier alpha value is 0.150. The summed E-state index contributed by atoms with van der Waals surface area (Å²) in [5.74, 6) is -0.694. The lowest BCUT2D eigenvalue weighted by Gasteiger charge is -2.03. The third-order valence-electron chi connectivity index (χ3n) is 1.15. The summed E-state index contributed by atoms with van der Waals surface area (Å²) in [6.07, 6.45) is -1.69. The monoisotopic (exact) mass is 351 g/mol. The molecule has 0 saturated carbocycles. The maximum absolute atomic E-state index is 12.9. The smallest absolute Gasteiger partial charge is 0.253 e. The quantitative estimate of drug-likeness (QED) is 0.705. The van der Waals surface area contributed by atoms with E-state index in [-0.39, 0.29) is 8.04 Å². The van der Waals surface area contributed by atoms with Crippen molar-refractivity contribution < 1.29 is 13.2 Å². The van der Waals surface area contributed by atoms with Crippen LogP contribution in [0.1, 0.15) is 12.1 Å². The molecule has 1 aromatic heterocycles. The van der Waals surface area contributed by atoms with Crippen molar-refractivity contribution in [3.8, 4) is 0 Å². The van der Waals surface area contributed by atoms with E-state index in [0.717, 1.165) is 6.20 Å². The fourth-order valence-electron chi connectivity index (χ4n) is 0.609. The van der Waals surface area contributed by atoms with E-state index in [9.17, 15) is 13.2 Å². The van der Waals surface area contributed by atoms with Crippen LogP contribution < -0.4 is 0 Å². The van der Waals surface area contributed by atoms with Crippen molar-refractivity contribution in [2.45, 2.75) is 6.43 Å². The van der Waals surface area contributed by atoms with E-state index in [4.69, 9.17) is 0 Å². The molecule has 0 amide bonds. The molecular weight excluding hydrogens is 350 g/mol. The Morgan fingerprint density at radius 3 is 2.58 bits per heavy atom. The van der Waals surface area contributed by atoms with Gasteiger partial charge in [0, 0.05) is 6.20 Å². The number of aromatic nitrogens is 1. The molecule has 0 aliphatic rings. The lowest BCUT2D eigenvalue weighted by Crippen LogP contribution is -1.96. The minimum atomic E-state index is -2.76. The highest BCUT2D eigenvalue weighted by Gasteiger charge is 2.18. The number of pyridine rings is 1. The van der Waals surface area contributed by atoms with Crippen LogP contribution in [0.3, 0.4) is 0 Å². The molecule has 0 bridgehead atoms. The summed E-state index contributed by atoms with van der Waals surface area (Å²) < 4.78 is 37.0. The molecule has 0 aliphatic heterocycles. The molecule has 66 valence electrons. The molecule has 1 heterocycles. The Balaban J connectivity index is 3.27. The lowest BCUT2D eigenvalue weighted by atomic mass is 10.3. The Bertz CT molecular complexity index is 305. The highest BCUT2D eigenvalue weighted by atomic mass is 127. The molecule has 0 unspecified atom stereocenters. The number of hydrogen-bond acceptors (Lipinski definition) is 1. The van der Waals surface area contributed by atoms with Crippen molar-refractivity contribution in [1.82, 2.24) is 4.98 Å². The van der Waals surface area contributed by atoms with Gasteiger partial charge in [0.15, 0.2) is 5.82 Å². The van der Waals surface area contributed by atoms with E-state index < -0.39 is 17.9 Å². The molecule has 0 aliphatic carbocycles. The van der Waals surface area contributed by atoms with Crippen LogP contribution in [0, 0.1) is 9.39 Å². The molecule has 0 saturated heterocycles. The summed E-state index contributed by atoms with van der Waals surface area (Å²) in [6, 6.07) is 0. The summed E-state index contributed by atoms with van der Waals surface area (Å²) in [4.78, 5) is 3.39. The van der Waals surface area contributed by atoms with Gasteiger partial charge in [-0.15, -0.1) is 0 Å². The van der Waals surface area contributed by atoms with Crippen LogP contribution >= 0.6 is 38.5 Å². The maximum atomic E-state index is 12.9. The van der Waals surface area contributed by atoms with Gasteiger partial charge in [-0.05, 0) is 38.5 Å². The second kappa shape index (κ2) is 3.91. The molecule has 0 aromatic carbocycles. The highest BCUT2D eigenvalue weighted by Crippen LogP contribution is 2.29. The average Bonchev–Trinajstić information content (AvgIpc) is 2.00.